The molecule has 1 fully saturated rings. The van der Waals surface area contributed by atoms with Gasteiger partial charge in [-0.3, -0.25) is 9.59 Å². The van der Waals surface area contributed by atoms with E-state index in [9.17, 15) is 9.59 Å². The third-order valence-electron chi connectivity index (χ3n) is 3.69. The minimum absolute atomic E-state index is 0.0846. The number of rotatable bonds is 3. The second kappa shape index (κ2) is 6.58. The maximum Gasteiger partial charge on any atom is 0.244 e. The highest BCUT2D eigenvalue weighted by Gasteiger charge is 2.28. The molecule has 0 aliphatic carbocycles. The largest absolute Gasteiger partial charge is 0.375 e. The van der Waals surface area contributed by atoms with Crippen molar-refractivity contribution in [2.45, 2.75) is 39.8 Å². The molecule has 5 heteroatoms. The molecule has 2 N–H and O–H groups in total. The quantitative estimate of drug-likeness (QED) is 0.840. The number of hydrogen-bond acceptors (Lipinski definition) is 4. The Bertz CT molecular complexity index is 546. The van der Waals surface area contributed by atoms with Crippen molar-refractivity contribution in [1.82, 2.24) is 5.32 Å². The lowest BCUT2D eigenvalue weighted by Gasteiger charge is -2.29. The van der Waals surface area contributed by atoms with Gasteiger partial charge in [-0.2, -0.15) is 0 Å². The molecule has 0 radical (unpaired) electrons. The first-order chi connectivity index (χ1) is 10.3. The SMILES string of the molecule is C[C@H]1OCCN[C@@H]1C(=O)Nc1ccc(C(=O)C(C)(C)C)cc1. The molecule has 0 aromatic heterocycles. The van der Waals surface area contributed by atoms with E-state index in [-0.39, 0.29) is 23.8 Å². The summed E-state index contributed by atoms with van der Waals surface area (Å²) < 4.78 is 5.47. The molecule has 5 nitrogen and oxygen atoms in total. The molecular weight excluding hydrogens is 280 g/mol. The van der Waals surface area contributed by atoms with Crippen LogP contribution in [0.4, 0.5) is 5.69 Å². The number of carbonyl (C=O) groups is 2. The number of benzene rings is 1. The molecule has 1 amide bonds. The van der Waals surface area contributed by atoms with Gasteiger partial charge < -0.3 is 15.4 Å². The van der Waals surface area contributed by atoms with Crippen LogP contribution < -0.4 is 10.6 Å². The van der Waals surface area contributed by atoms with Crippen molar-refractivity contribution in [2.75, 3.05) is 18.5 Å². The third kappa shape index (κ3) is 3.93. The molecule has 2 rings (SSSR count). The highest BCUT2D eigenvalue weighted by atomic mass is 16.5. The van der Waals surface area contributed by atoms with Crippen LogP contribution in [0.15, 0.2) is 24.3 Å². The molecule has 1 aromatic rings. The predicted molar refractivity (Wildman–Crippen MR) is 86.1 cm³/mol. The van der Waals surface area contributed by atoms with Crippen LogP contribution in [-0.4, -0.2) is 37.0 Å². The van der Waals surface area contributed by atoms with Gasteiger partial charge in [0.15, 0.2) is 5.78 Å². The van der Waals surface area contributed by atoms with Crippen molar-refractivity contribution in [3.63, 3.8) is 0 Å². The zero-order chi connectivity index (χ0) is 16.3. The van der Waals surface area contributed by atoms with Gasteiger partial charge in [-0.1, -0.05) is 20.8 Å². The van der Waals surface area contributed by atoms with Crippen molar-refractivity contribution in [1.29, 1.82) is 0 Å². The average molecular weight is 304 g/mol. The zero-order valence-corrected chi connectivity index (χ0v) is 13.6. The molecule has 1 heterocycles. The van der Waals surface area contributed by atoms with Gasteiger partial charge in [-0.15, -0.1) is 0 Å². The van der Waals surface area contributed by atoms with Crippen LogP contribution in [0.5, 0.6) is 0 Å². The lowest BCUT2D eigenvalue weighted by molar-refractivity contribution is -0.123. The molecule has 1 aliphatic heterocycles. The molecule has 1 aromatic carbocycles. The molecule has 0 saturated carbocycles. The third-order valence-corrected chi connectivity index (χ3v) is 3.69. The molecule has 0 spiro atoms. The van der Waals surface area contributed by atoms with E-state index in [2.05, 4.69) is 10.6 Å². The van der Waals surface area contributed by atoms with Crippen LogP contribution in [-0.2, 0) is 9.53 Å². The van der Waals surface area contributed by atoms with Crippen LogP contribution >= 0.6 is 0 Å². The fourth-order valence-corrected chi connectivity index (χ4v) is 2.39. The number of hydrogen-bond donors (Lipinski definition) is 2. The van der Waals surface area contributed by atoms with Gasteiger partial charge in [0.05, 0.1) is 12.7 Å². The fraction of sp³-hybridized carbons (Fsp3) is 0.529. The Morgan fingerprint density at radius 3 is 2.41 bits per heavy atom. The number of ether oxygens (including phenoxy) is 1. The summed E-state index contributed by atoms with van der Waals surface area (Å²) in [5, 5.41) is 6.00. The van der Waals surface area contributed by atoms with Crippen LogP contribution in [0.25, 0.3) is 0 Å². The normalized spacial score (nSPS) is 22.2. The number of ketones is 1. The Hall–Kier alpha value is -1.72. The Morgan fingerprint density at radius 2 is 1.86 bits per heavy atom. The monoisotopic (exact) mass is 304 g/mol. The van der Waals surface area contributed by atoms with Crippen molar-refractivity contribution in [2.24, 2.45) is 5.41 Å². The Labute approximate surface area is 131 Å². The van der Waals surface area contributed by atoms with Crippen molar-refractivity contribution < 1.29 is 14.3 Å². The number of morpholine rings is 1. The first kappa shape index (κ1) is 16.6. The van der Waals surface area contributed by atoms with E-state index in [4.69, 9.17) is 4.74 Å². The summed E-state index contributed by atoms with van der Waals surface area (Å²) in [4.78, 5) is 24.4. The summed E-state index contributed by atoms with van der Waals surface area (Å²) in [6, 6.07) is 6.65. The first-order valence-electron chi connectivity index (χ1n) is 7.60. The predicted octanol–water partition coefficient (Wildman–Crippen LogP) is 2.23. The summed E-state index contributed by atoms with van der Waals surface area (Å²) in [5.74, 6) is -0.0385. The average Bonchev–Trinajstić information content (AvgIpc) is 2.46. The summed E-state index contributed by atoms with van der Waals surface area (Å²) in [6.07, 6.45) is -0.157. The van der Waals surface area contributed by atoms with E-state index in [1.807, 2.05) is 27.7 Å². The standard InChI is InChI=1S/C17H24N2O3/c1-11-14(18-9-10-22-11)16(21)19-13-7-5-12(6-8-13)15(20)17(2,3)4/h5-8,11,14,18H,9-10H2,1-4H3,(H,19,21)/t11-,14+/m1/s1. The summed E-state index contributed by atoms with van der Waals surface area (Å²) >= 11 is 0. The molecule has 0 unspecified atom stereocenters. The van der Waals surface area contributed by atoms with E-state index >= 15 is 0 Å². The van der Waals surface area contributed by atoms with Crippen LogP contribution in [0.1, 0.15) is 38.1 Å². The summed E-state index contributed by atoms with van der Waals surface area (Å²) in [7, 11) is 0. The van der Waals surface area contributed by atoms with Gasteiger partial charge in [0.2, 0.25) is 5.91 Å². The van der Waals surface area contributed by atoms with E-state index in [0.717, 1.165) is 0 Å². The molecule has 2 atom stereocenters. The number of anilines is 1. The van der Waals surface area contributed by atoms with Gasteiger partial charge in [0.1, 0.15) is 6.04 Å². The summed E-state index contributed by atoms with van der Waals surface area (Å²) in [6.45, 7) is 8.83. The molecule has 1 aliphatic rings. The van der Waals surface area contributed by atoms with E-state index < -0.39 is 5.41 Å². The lowest BCUT2D eigenvalue weighted by atomic mass is 9.86. The molecule has 120 valence electrons. The van der Waals surface area contributed by atoms with E-state index in [1.54, 1.807) is 24.3 Å². The number of nitrogens with one attached hydrogen (secondary N) is 2. The second-order valence-corrected chi connectivity index (χ2v) is 6.65. The highest BCUT2D eigenvalue weighted by Crippen LogP contribution is 2.22. The fourth-order valence-electron chi connectivity index (χ4n) is 2.39. The van der Waals surface area contributed by atoms with E-state index in [1.165, 1.54) is 0 Å². The Kier molecular flexibility index (Phi) is 4.98. The highest BCUT2D eigenvalue weighted by molar-refractivity contribution is 6.00. The number of carbonyl (C=O) groups excluding carboxylic acids is 2. The molecule has 22 heavy (non-hydrogen) atoms. The Balaban J connectivity index is 2.02. The van der Waals surface area contributed by atoms with Crippen LogP contribution in [0.2, 0.25) is 0 Å². The minimum atomic E-state index is -0.413. The first-order valence-corrected chi connectivity index (χ1v) is 7.60. The zero-order valence-electron chi connectivity index (χ0n) is 13.6. The van der Waals surface area contributed by atoms with Gasteiger partial charge in [0.25, 0.3) is 0 Å². The molecule has 1 saturated heterocycles. The maximum atomic E-state index is 12.2. The lowest BCUT2D eigenvalue weighted by Crippen LogP contribution is -2.53. The molecule has 0 bridgehead atoms. The summed E-state index contributed by atoms with van der Waals surface area (Å²) in [5.41, 5.74) is 0.914. The molecular formula is C17H24N2O3. The topological polar surface area (TPSA) is 67.4 Å². The van der Waals surface area contributed by atoms with Crippen molar-refractivity contribution in [3.8, 4) is 0 Å². The van der Waals surface area contributed by atoms with Crippen molar-refractivity contribution in [3.05, 3.63) is 29.8 Å². The smallest absolute Gasteiger partial charge is 0.244 e. The van der Waals surface area contributed by atoms with E-state index in [0.29, 0.717) is 24.4 Å². The number of amides is 1. The van der Waals surface area contributed by atoms with Gasteiger partial charge in [-0.25, -0.2) is 0 Å². The second-order valence-electron chi connectivity index (χ2n) is 6.65. The maximum absolute atomic E-state index is 12.2. The van der Waals surface area contributed by atoms with Crippen molar-refractivity contribution >= 4 is 17.4 Å². The number of Topliss-reactive ketones (excluding diaryl/α,β-unsaturated/α-hetero) is 1. The van der Waals surface area contributed by atoms with Crippen LogP contribution in [0, 0.1) is 5.41 Å². The van der Waals surface area contributed by atoms with Gasteiger partial charge in [-0.05, 0) is 31.2 Å². The minimum Gasteiger partial charge on any atom is -0.375 e. The Morgan fingerprint density at radius 1 is 1.23 bits per heavy atom. The van der Waals surface area contributed by atoms with Gasteiger partial charge >= 0.3 is 0 Å². The van der Waals surface area contributed by atoms with Crippen LogP contribution in [0.3, 0.4) is 0 Å². The van der Waals surface area contributed by atoms with Gasteiger partial charge in [0, 0.05) is 23.2 Å².